The summed E-state index contributed by atoms with van der Waals surface area (Å²) in [5.41, 5.74) is 0. The molecule has 1 N–H and O–H groups in total. The van der Waals surface area contributed by atoms with Crippen LogP contribution in [-0.4, -0.2) is 60.3 Å². The first-order valence-electron chi connectivity index (χ1n) is 8.20. The van der Waals surface area contributed by atoms with E-state index >= 15 is 0 Å². The Labute approximate surface area is 119 Å². The van der Waals surface area contributed by atoms with Gasteiger partial charge in [-0.1, -0.05) is 13.8 Å². The van der Waals surface area contributed by atoms with E-state index in [1.54, 1.807) is 0 Å². The number of aliphatic hydroxyl groups excluding tert-OH is 1. The first-order chi connectivity index (χ1) is 9.10. The SMILES string of the molecule is CCN1CCC(N(C)CC2CC(C)CCC2O)CC1. The highest BCUT2D eigenvalue weighted by Crippen LogP contribution is 2.30. The maximum absolute atomic E-state index is 10.2. The second kappa shape index (κ2) is 7.05. The van der Waals surface area contributed by atoms with Crippen LogP contribution in [0.3, 0.4) is 0 Å². The number of aliphatic hydroxyl groups is 1. The van der Waals surface area contributed by atoms with E-state index in [4.69, 9.17) is 0 Å². The molecule has 0 aromatic carbocycles. The van der Waals surface area contributed by atoms with Crippen LogP contribution in [0.5, 0.6) is 0 Å². The first-order valence-corrected chi connectivity index (χ1v) is 8.20. The lowest BCUT2D eigenvalue weighted by Gasteiger charge is -2.40. The third-order valence-corrected chi connectivity index (χ3v) is 5.35. The van der Waals surface area contributed by atoms with Crippen molar-refractivity contribution in [3.8, 4) is 0 Å². The normalized spacial score (nSPS) is 34.9. The van der Waals surface area contributed by atoms with E-state index in [0.29, 0.717) is 5.92 Å². The predicted molar refractivity (Wildman–Crippen MR) is 80.3 cm³/mol. The Bertz CT molecular complexity index is 263. The van der Waals surface area contributed by atoms with Crippen molar-refractivity contribution in [1.82, 2.24) is 9.80 Å². The molecule has 1 saturated carbocycles. The van der Waals surface area contributed by atoms with Gasteiger partial charge in [-0.2, -0.15) is 0 Å². The van der Waals surface area contributed by atoms with Gasteiger partial charge in [-0.3, -0.25) is 0 Å². The summed E-state index contributed by atoms with van der Waals surface area (Å²) in [5, 5.41) is 10.2. The molecule has 0 amide bonds. The Balaban J connectivity index is 1.78. The number of nitrogens with zero attached hydrogens (tertiary/aromatic N) is 2. The van der Waals surface area contributed by atoms with Gasteiger partial charge in [0.25, 0.3) is 0 Å². The van der Waals surface area contributed by atoms with Crippen molar-refractivity contribution < 1.29 is 5.11 Å². The molecule has 0 bridgehead atoms. The van der Waals surface area contributed by atoms with E-state index in [2.05, 4.69) is 30.7 Å². The van der Waals surface area contributed by atoms with Gasteiger partial charge in [-0.15, -0.1) is 0 Å². The zero-order valence-electron chi connectivity index (χ0n) is 13.0. The van der Waals surface area contributed by atoms with E-state index < -0.39 is 0 Å². The lowest BCUT2D eigenvalue weighted by molar-refractivity contribution is 0.0205. The van der Waals surface area contributed by atoms with E-state index in [9.17, 15) is 5.11 Å². The van der Waals surface area contributed by atoms with E-state index in [1.807, 2.05) is 0 Å². The third-order valence-electron chi connectivity index (χ3n) is 5.35. The molecule has 1 heterocycles. The zero-order chi connectivity index (χ0) is 13.8. The zero-order valence-corrected chi connectivity index (χ0v) is 13.0. The highest BCUT2D eigenvalue weighted by Gasteiger charge is 2.30. The van der Waals surface area contributed by atoms with Crippen LogP contribution in [-0.2, 0) is 0 Å². The van der Waals surface area contributed by atoms with Gasteiger partial charge in [0.1, 0.15) is 0 Å². The molecule has 3 atom stereocenters. The van der Waals surface area contributed by atoms with Gasteiger partial charge >= 0.3 is 0 Å². The summed E-state index contributed by atoms with van der Waals surface area (Å²) in [5.74, 6) is 1.29. The van der Waals surface area contributed by atoms with Crippen LogP contribution in [0.1, 0.15) is 46.0 Å². The van der Waals surface area contributed by atoms with Gasteiger partial charge in [0.05, 0.1) is 6.10 Å². The average molecular weight is 268 g/mol. The summed E-state index contributed by atoms with van der Waals surface area (Å²) in [6, 6.07) is 0.729. The molecular weight excluding hydrogens is 236 g/mol. The third kappa shape index (κ3) is 4.17. The molecule has 3 nitrogen and oxygen atoms in total. The molecule has 3 heteroatoms. The smallest absolute Gasteiger partial charge is 0.0580 e. The van der Waals surface area contributed by atoms with Crippen LogP contribution in [0.4, 0.5) is 0 Å². The summed E-state index contributed by atoms with van der Waals surface area (Å²) in [6.45, 7) is 9.35. The molecule has 1 saturated heterocycles. The maximum Gasteiger partial charge on any atom is 0.0580 e. The fraction of sp³-hybridized carbons (Fsp3) is 1.00. The largest absolute Gasteiger partial charge is 0.393 e. The molecule has 0 radical (unpaired) electrons. The van der Waals surface area contributed by atoms with Crippen LogP contribution in [0, 0.1) is 11.8 Å². The van der Waals surface area contributed by atoms with Crippen LogP contribution in [0.15, 0.2) is 0 Å². The molecule has 2 fully saturated rings. The van der Waals surface area contributed by atoms with Crippen molar-refractivity contribution >= 4 is 0 Å². The van der Waals surface area contributed by atoms with Crippen LogP contribution in [0.2, 0.25) is 0 Å². The minimum Gasteiger partial charge on any atom is -0.393 e. The summed E-state index contributed by atoms with van der Waals surface area (Å²) in [7, 11) is 2.26. The predicted octanol–water partition coefficient (Wildman–Crippen LogP) is 2.20. The molecule has 1 aliphatic heterocycles. The number of piperidine rings is 1. The Hall–Kier alpha value is -0.120. The van der Waals surface area contributed by atoms with E-state index in [-0.39, 0.29) is 6.10 Å². The maximum atomic E-state index is 10.2. The molecule has 19 heavy (non-hydrogen) atoms. The average Bonchev–Trinajstić information content (AvgIpc) is 2.43. The Kier molecular flexibility index (Phi) is 5.67. The highest BCUT2D eigenvalue weighted by molar-refractivity contribution is 4.84. The molecule has 3 unspecified atom stereocenters. The van der Waals surface area contributed by atoms with E-state index in [0.717, 1.165) is 24.9 Å². The van der Waals surface area contributed by atoms with Crippen molar-refractivity contribution in [1.29, 1.82) is 0 Å². The standard InChI is InChI=1S/C16H32N2O/c1-4-18-9-7-15(8-10-18)17(3)12-14-11-13(2)5-6-16(14)19/h13-16,19H,4-12H2,1-3H3. The lowest BCUT2D eigenvalue weighted by Crippen LogP contribution is -2.46. The van der Waals surface area contributed by atoms with Crippen molar-refractivity contribution in [2.45, 2.75) is 58.1 Å². The molecule has 0 spiro atoms. The minimum atomic E-state index is -0.0608. The molecule has 1 aliphatic carbocycles. The number of likely N-dealkylation sites (tertiary alicyclic amines) is 1. The number of rotatable bonds is 4. The van der Waals surface area contributed by atoms with Crippen molar-refractivity contribution in [3.63, 3.8) is 0 Å². The Morgan fingerprint density at radius 2 is 1.84 bits per heavy atom. The Morgan fingerprint density at radius 3 is 2.47 bits per heavy atom. The van der Waals surface area contributed by atoms with Crippen LogP contribution in [0.25, 0.3) is 0 Å². The Morgan fingerprint density at radius 1 is 1.16 bits per heavy atom. The highest BCUT2D eigenvalue weighted by atomic mass is 16.3. The summed E-state index contributed by atoms with van der Waals surface area (Å²) in [4.78, 5) is 5.07. The first kappa shape index (κ1) is 15.3. The van der Waals surface area contributed by atoms with Gasteiger partial charge in [-0.25, -0.2) is 0 Å². The van der Waals surface area contributed by atoms with Crippen LogP contribution < -0.4 is 0 Å². The van der Waals surface area contributed by atoms with Crippen molar-refractivity contribution in [2.75, 3.05) is 33.2 Å². The molecular formula is C16H32N2O. The molecule has 112 valence electrons. The monoisotopic (exact) mass is 268 g/mol. The van der Waals surface area contributed by atoms with E-state index in [1.165, 1.54) is 45.3 Å². The van der Waals surface area contributed by atoms with Gasteiger partial charge in [0.15, 0.2) is 0 Å². The summed E-state index contributed by atoms with van der Waals surface area (Å²) >= 11 is 0. The number of hydrogen-bond donors (Lipinski definition) is 1. The van der Waals surface area contributed by atoms with Gasteiger partial charge in [-0.05, 0) is 70.6 Å². The number of hydrogen-bond acceptors (Lipinski definition) is 3. The molecule has 2 aliphatic rings. The fourth-order valence-corrected chi connectivity index (χ4v) is 3.87. The second-order valence-electron chi connectivity index (χ2n) is 6.85. The molecule has 0 aromatic rings. The van der Waals surface area contributed by atoms with Gasteiger partial charge in [0, 0.05) is 12.6 Å². The molecule has 2 rings (SSSR count). The van der Waals surface area contributed by atoms with Crippen LogP contribution >= 0.6 is 0 Å². The summed E-state index contributed by atoms with van der Waals surface area (Å²) < 4.78 is 0. The second-order valence-corrected chi connectivity index (χ2v) is 6.85. The van der Waals surface area contributed by atoms with Gasteiger partial charge in [0.2, 0.25) is 0 Å². The topological polar surface area (TPSA) is 26.7 Å². The summed E-state index contributed by atoms with van der Waals surface area (Å²) in [6.07, 6.45) is 5.95. The minimum absolute atomic E-state index is 0.0608. The molecule has 0 aromatic heterocycles. The van der Waals surface area contributed by atoms with Crippen molar-refractivity contribution in [2.24, 2.45) is 11.8 Å². The fourth-order valence-electron chi connectivity index (χ4n) is 3.87. The van der Waals surface area contributed by atoms with Gasteiger partial charge < -0.3 is 14.9 Å². The van der Waals surface area contributed by atoms with Crippen molar-refractivity contribution in [3.05, 3.63) is 0 Å². The quantitative estimate of drug-likeness (QED) is 0.847. The lowest BCUT2D eigenvalue weighted by atomic mass is 9.80.